The van der Waals surface area contributed by atoms with Gasteiger partial charge in [-0.05, 0) is 31.2 Å². The van der Waals surface area contributed by atoms with Crippen molar-refractivity contribution < 1.29 is 0 Å². The number of aliphatic imine (C=N–C) groups is 1. The lowest BCUT2D eigenvalue weighted by atomic mass is 10.1. The Bertz CT molecular complexity index is 572. The smallest absolute Gasteiger partial charge is 0.157 e. The third-order valence-electron chi connectivity index (χ3n) is 3.43. The first-order valence-electron chi connectivity index (χ1n) is 7.19. The highest BCUT2D eigenvalue weighted by Crippen LogP contribution is 2.19. The van der Waals surface area contributed by atoms with Crippen LogP contribution in [-0.2, 0) is 0 Å². The molecule has 2 rings (SSSR count). The normalized spacial score (nSPS) is 13.9. The lowest BCUT2D eigenvalue weighted by Gasteiger charge is -2.17. The number of rotatable bonds is 4. The molecule has 0 spiro atoms. The van der Waals surface area contributed by atoms with Gasteiger partial charge in [-0.2, -0.15) is 0 Å². The van der Waals surface area contributed by atoms with Crippen molar-refractivity contribution in [3.8, 4) is 0 Å². The summed E-state index contributed by atoms with van der Waals surface area (Å²) in [5.74, 6) is 0. The van der Waals surface area contributed by atoms with Gasteiger partial charge in [-0.15, -0.1) is 24.0 Å². The lowest BCUT2D eigenvalue weighted by Crippen LogP contribution is -2.24. The number of benzene rings is 2. The zero-order valence-electron chi connectivity index (χ0n) is 13.2. The van der Waals surface area contributed by atoms with Crippen molar-refractivity contribution >= 4 is 40.9 Å². The maximum absolute atomic E-state index is 4.80. The van der Waals surface area contributed by atoms with E-state index < -0.39 is 0 Å². The van der Waals surface area contributed by atoms with E-state index in [9.17, 15) is 0 Å². The zero-order chi connectivity index (χ0) is 15.1. The number of amidine groups is 1. The van der Waals surface area contributed by atoms with E-state index in [2.05, 4.69) is 74.0 Å². The molecule has 0 aromatic heterocycles. The van der Waals surface area contributed by atoms with E-state index in [1.54, 1.807) is 11.8 Å². The minimum Gasteiger partial charge on any atom is -0.358 e. The maximum atomic E-state index is 4.80. The Morgan fingerprint density at radius 1 is 0.909 bits per heavy atom. The number of nitrogens with zero attached hydrogens (tertiary/aromatic N) is 1. The largest absolute Gasteiger partial charge is 0.358 e. The lowest BCUT2D eigenvalue weighted by molar-refractivity contribution is 0.711. The Balaban J connectivity index is 0.00000242. The molecule has 22 heavy (non-hydrogen) atoms. The molecule has 0 aliphatic carbocycles. The van der Waals surface area contributed by atoms with Gasteiger partial charge in [0, 0.05) is 0 Å². The quantitative estimate of drug-likeness (QED) is 0.400. The molecule has 0 amide bonds. The average molecular weight is 426 g/mol. The van der Waals surface area contributed by atoms with Crippen molar-refractivity contribution in [2.45, 2.75) is 25.9 Å². The third kappa shape index (κ3) is 5.65. The van der Waals surface area contributed by atoms with Crippen molar-refractivity contribution in [1.29, 1.82) is 0 Å². The highest BCUT2D eigenvalue weighted by molar-refractivity contribution is 14.0. The van der Waals surface area contributed by atoms with Gasteiger partial charge in [0.15, 0.2) is 5.17 Å². The van der Waals surface area contributed by atoms with Crippen LogP contribution in [0.2, 0.25) is 0 Å². The van der Waals surface area contributed by atoms with E-state index in [0.29, 0.717) is 0 Å². The second-order valence-corrected chi connectivity index (χ2v) is 5.80. The number of thioether (sulfide) groups is 1. The first kappa shape index (κ1) is 19.0. The Kier molecular flexibility index (Phi) is 8.56. The molecule has 0 bridgehead atoms. The number of hydrogen-bond donors (Lipinski definition) is 1. The fourth-order valence-corrected chi connectivity index (χ4v) is 2.70. The molecule has 4 heteroatoms. The van der Waals surface area contributed by atoms with Crippen LogP contribution in [0.5, 0.6) is 0 Å². The Hall–Kier alpha value is -1.01. The molecular formula is C18H23IN2S. The predicted molar refractivity (Wildman–Crippen MR) is 109 cm³/mol. The molecule has 0 saturated carbocycles. The van der Waals surface area contributed by atoms with Crippen molar-refractivity contribution in [1.82, 2.24) is 5.32 Å². The van der Waals surface area contributed by atoms with Crippen LogP contribution in [0.3, 0.4) is 0 Å². The number of hydrogen-bond acceptors (Lipinski definition) is 2. The van der Waals surface area contributed by atoms with Gasteiger partial charge in [-0.25, -0.2) is 0 Å². The van der Waals surface area contributed by atoms with Crippen LogP contribution < -0.4 is 5.32 Å². The minimum absolute atomic E-state index is 0. The van der Waals surface area contributed by atoms with Crippen LogP contribution in [0.4, 0.5) is 0 Å². The molecule has 118 valence electrons. The molecule has 2 aromatic carbocycles. The van der Waals surface area contributed by atoms with E-state index in [-0.39, 0.29) is 36.1 Å². The van der Waals surface area contributed by atoms with E-state index in [1.807, 2.05) is 12.1 Å². The molecular weight excluding hydrogens is 403 g/mol. The minimum atomic E-state index is 0. The zero-order valence-corrected chi connectivity index (χ0v) is 16.3. The van der Waals surface area contributed by atoms with Crippen molar-refractivity contribution in [2.24, 2.45) is 4.99 Å². The molecule has 2 nitrogen and oxygen atoms in total. The van der Waals surface area contributed by atoms with Crippen molar-refractivity contribution in [3.05, 3.63) is 71.8 Å². The van der Waals surface area contributed by atoms with Crippen LogP contribution >= 0.6 is 35.7 Å². The van der Waals surface area contributed by atoms with Crippen LogP contribution in [0.1, 0.15) is 37.1 Å². The molecule has 0 aliphatic rings. The van der Waals surface area contributed by atoms with Gasteiger partial charge in [0.25, 0.3) is 0 Å². The fourth-order valence-electron chi connectivity index (χ4n) is 2.14. The summed E-state index contributed by atoms with van der Waals surface area (Å²) < 4.78 is 0. The average Bonchev–Trinajstić information content (AvgIpc) is 2.55. The number of nitrogens with one attached hydrogen (secondary N) is 1. The molecule has 2 aromatic rings. The standard InChI is InChI=1S/C18H22N2S.HI/c1-14(16-10-6-4-7-11-16)19-18(21-3)20-15(2)17-12-8-5-9-13-17;/h4-15H,1-3H3,(H,19,20);1H/t14-,15?;/m0./s1. The Labute approximate surface area is 154 Å². The van der Waals surface area contributed by atoms with E-state index in [4.69, 9.17) is 4.99 Å². The van der Waals surface area contributed by atoms with Crippen molar-refractivity contribution in [2.75, 3.05) is 6.26 Å². The maximum Gasteiger partial charge on any atom is 0.157 e. The first-order valence-corrected chi connectivity index (χ1v) is 8.41. The Morgan fingerprint density at radius 2 is 1.41 bits per heavy atom. The van der Waals surface area contributed by atoms with E-state index in [1.165, 1.54) is 11.1 Å². The molecule has 0 aliphatic heterocycles. The summed E-state index contributed by atoms with van der Waals surface area (Å²) in [6.45, 7) is 4.29. The second-order valence-electron chi connectivity index (χ2n) is 5.00. The summed E-state index contributed by atoms with van der Waals surface area (Å²) in [5.41, 5.74) is 2.50. The summed E-state index contributed by atoms with van der Waals surface area (Å²) in [6, 6.07) is 21.2. The SMILES string of the molecule is CSC(=NC(C)c1ccccc1)N[C@@H](C)c1ccccc1.I. The van der Waals surface area contributed by atoms with Gasteiger partial charge < -0.3 is 5.32 Å². The second kappa shape index (κ2) is 9.90. The Morgan fingerprint density at radius 3 is 1.91 bits per heavy atom. The summed E-state index contributed by atoms with van der Waals surface area (Å²) in [6.07, 6.45) is 2.06. The molecule has 2 atom stereocenters. The highest BCUT2D eigenvalue weighted by Gasteiger charge is 2.09. The molecule has 1 N–H and O–H groups in total. The molecule has 0 fully saturated rings. The molecule has 1 unspecified atom stereocenters. The van der Waals surface area contributed by atoms with Gasteiger partial charge in [0.1, 0.15) is 0 Å². The van der Waals surface area contributed by atoms with Crippen LogP contribution in [0, 0.1) is 0 Å². The first-order chi connectivity index (χ1) is 10.2. The van der Waals surface area contributed by atoms with Gasteiger partial charge in [-0.3, -0.25) is 4.99 Å². The van der Waals surface area contributed by atoms with Crippen LogP contribution in [-0.4, -0.2) is 11.4 Å². The predicted octanol–water partition coefficient (Wildman–Crippen LogP) is 5.44. The monoisotopic (exact) mass is 426 g/mol. The fraction of sp³-hybridized carbons (Fsp3) is 0.278. The highest BCUT2D eigenvalue weighted by atomic mass is 127. The van der Waals surface area contributed by atoms with Gasteiger partial charge in [-0.1, -0.05) is 72.4 Å². The van der Waals surface area contributed by atoms with Gasteiger partial charge >= 0.3 is 0 Å². The van der Waals surface area contributed by atoms with Crippen molar-refractivity contribution in [3.63, 3.8) is 0 Å². The van der Waals surface area contributed by atoms with Gasteiger partial charge in [0.2, 0.25) is 0 Å². The molecule has 0 radical (unpaired) electrons. The summed E-state index contributed by atoms with van der Waals surface area (Å²) >= 11 is 1.65. The number of halogens is 1. The summed E-state index contributed by atoms with van der Waals surface area (Å²) in [4.78, 5) is 4.80. The topological polar surface area (TPSA) is 24.4 Å². The summed E-state index contributed by atoms with van der Waals surface area (Å²) in [5, 5.41) is 4.47. The third-order valence-corrected chi connectivity index (χ3v) is 4.04. The molecule has 0 saturated heterocycles. The van der Waals surface area contributed by atoms with E-state index in [0.717, 1.165) is 5.17 Å². The van der Waals surface area contributed by atoms with E-state index >= 15 is 0 Å². The van der Waals surface area contributed by atoms with Crippen LogP contribution in [0.25, 0.3) is 0 Å². The van der Waals surface area contributed by atoms with Crippen LogP contribution in [0.15, 0.2) is 65.7 Å². The molecule has 0 heterocycles. The van der Waals surface area contributed by atoms with Gasteiger partial charge in [0.05, 0.1) is 12.1 Å². The summed E-state index contributed by atoms with van der Waals surface area (Å²) in [7, 11) is 0.